The fourth-order valence-electron chi connectivity index (χ4n) is 1.88. The highest BCUT2D eigenvalue weighted by Crippen LogP contribution is 2.32. The van der Waals surface area contributed by atoms with Crippen molar-refractivity contribution < 1.29 is 13.9 Å². The van der Waals surface area contributed by atoms with E-state index in [1.165, 1.54) is 31.4 Å². The molecule has 0 bridgehead atoms. The quantitative estimate of drug-likeness (QED) is 0.769. The highest BCUT2D eigenvalue weighted by Gasteiger charge is 2.17. The van der Waals surface area contributed by atoms with Gasteiger partial charge >= 0.3 is 0 Å². The number of methoxy groups -OCH3 is 1. The van der Waals surface area contributed by atoms with Crippen molar-refractivity contribution in [3.63, 3.8) is 0 Å². The Morgan fingerprint density at radius 1 is 1.10 bits per heavy atom. The lowest BCUT2D eigenvalue weighted by Gasteiger charge is -2.09. The second kappa shape index (κ2) is 5.81. The summed E-state index contributed by atoms with van der Waals surface area (Å²) in [5.41, 5.74) is 1.09. The van der Waals surface area contributed by atoms with E-state index in [4.69, 9.17) is 27.9 Å². The Labute approximate surface area is 126 Å². The standard InChI is InChI=1S/C15H11Cl2FO2/c1-8-3-9(5-10(18)4-8)15(19)11-6-13(17)14(20-2)7-12(11)16/h3-7H,1-2H3. The van der Waals surface area contributed by atoms with Gasteiger partial charge in [-0.05, 0) is 36.8 Å². The third kappa shape index (κ3) is 2.94. The van der Waals surface area contributed by atoms with Gasteiger partial charge in [0.15, 0.2) is 5.78 Å². The predicted octanol–water partition coefficient (Wildman–Crippen LogP) is 4.68. The molecule has 5 heteroatoms. The molecule has 2 nitrogen and oxygen atoms in total. The first-order valence-corrected chi connectivity index (χ1v) is 6.53. The number of carbonyl (C=O) groups excluding carboxylic acids is 1. The molecule has 0 aliphatic carbocycles. The van der Waals surface area contributed by atoms with Crippen molar-refractivity contribution in [3.05, 3.63) is 62.9 Å². The van der Waals surface area contributed by atoms with E-state index in [0.717, 1.165) is 0 Å². The molecule has 20 heavy (non-hydrogen) atoms. The van der Waals surface area contributed by atoms with Crippen molar-refractivity contribution in [2.45, 2.75) is 6.92 Å². The van der Waals surface area contributed by atoms with Crippen LogP contribution in [-0.4, -0.2) is 12.9 Å². The van der Waals surface area contributed by atoms with Crippen molar-refractivity contribution in [2.24, 2.45) is 0 Å². The topological polar surface area (TPSA) is 26.3 Å². The van der Waals surface area contributed by atoms with E-state index in [1.807, 2.05) is 0 Å². The molecular formula is C15H11Cl2FO2. The Kier molecular flexibility index (Phi) is 4.31. The SMILES string of the molecule is COc1cc(Cl)c(C(=O)c2cc(C)cc(F)c2)cc1Cl. The minimum Gasteiger partial charge on any atom is -0.495 e. The molecule has 2 aromatic rings. The Hall–Kier alpha value is -1.58. The van der Waals surface area contributed by atoms with E-state index in [1.54, 1.807) is 13.0 Å². The number of rotatable bonds is 3. The van der Waals surface area contributed by atoms with Gasteiger partial charge in [-0.1, -0.05) is 23.2 Å². The number of hydrogen-bond acceptors (Lipinski definition) is 2. The lowest BCUT2D eigenvalue weighted by Crippen LogP contribution is -2.04. The van der Waals surface area contributed by atoms with Gasteiger partial charge in [-0.25, -0.2) is 4.39 Å². The second-order valence-electron chi connectivity index (χ2n) is 4.31. The highest BCUT2D eigenvalue weighted by atomic mass is 35.5. The van der Waals surface area contributed by atoms with Gasteiger partial charge < -0.3 is 4.74 Å². The van der Waals surface area contributed by atoms with Crippen LogP contribution >= 0.6 is 23.2 Å². The zero-order chi connectivity index (χ0) is 14.9. The van der Waals surface area contributed by atoms with E-state index in [9.17, 15) is 9.18 Å². The van der Waals surface area contributed by atoms with Crippen molar-refractivity contribution in [1.29, 1.82) is 0 Å². The van der Waals surface area contributed by atoms with E-state index in [0.29, 0.717) is 11.3 Å². The molecule has 0 unspecified atom stereocenters. The van der Waals surface area contributed by atoms with Crippen LogP contribution in [0.25, 0.3) is 0 Å². The lowest BCUT2D eigenvalue weighted by atomic mass is 10.0. The average Bonchev–Trinajstić information content (AvgIpc) is 2.39. The monoisotopic (exact) mass is 312 g/mol. The average molecular weight is 313 g/mol. The number of ketones is 1. The third-order valence-electron chi connectivity index (χ3n) is 2.79. The number of hydrogen-bond donors (Lipinski definition) is 0. The van der Waals surface area contributed by atoms with Gasteiger partial charge in [0, 0.05) is 17.2 Å². The Morgan fingerprint density at radius 3 is 2.40 bits per heavy atom. The summed E-state index contributed by atoms with van der Waals surface area (Å²) in [6, 6.07) is 7.00. The molecule has 0 fully saturated rings. The van der Waals surface area contributed by atoms with E-state index < -0.39 is 5.82 Å². The van der Waals surface area contributed by atoms with Crippen molar-refractivity contribution in [2.75, 3.05) is 7.11 Å². The maximum atomic E-state index is 13.4. The molecule has 0 heterocycles. The number of benzene rings is 2. The molecule has 0 amide bonds. The van der Waals surface area contributed by atoms with Gasteiger partial charge in [0.25, 0.3) is 0 Å². The molecule has 0 saturated carbocycles. The first kappa shape index (κ1) is 14.8. The predicted molar refractivity (Wildman–Crippen MR) is 77.6 cm³/mol. The smallest absolute Gasteiger partial charge is 0.194 e. The second-order valence-corrected chi connectivity index (χ2v) is 5.13. The fourth-order valence-corrected chi connectivity index (χ4v) is 2.36. The van der Waals surface area contributed by atoms with E-state index in [2.05, 4.69) is 0 Å². The Bertz CT molecular complexity index is 664. The summed E-state index contributed by atoms with van der Waals surface area (Å²) in [5, 5.41) is 0.478. The van der Waals surface area contributed by atoms with Crippen molar-refractivity contribution in [1.82, 2.24) is 0 Å². The molecule has 0 spiro atoms. The molecule has 2 aromatic carbocycles. The minimum atomic E-state index is -0.468. The maximum Gasteiger partial charge on any atom is 0.194 e. The molecular weight excluding hydrogens is 302 g/mol. The van der Waals surface area contributed by atoms with Crippen LogP contribution in [0.15, 0.2) is 30.3 Å². The van der Waals surface area contributed by atoms with Gasteiger partial charge in [0.2, 0.25) is 0 Å². The normalized spacial score (nSPS) is 10.4. The summed E-state index contributed by atoms with van der Waals surface area (Å²) in [6.07, 6.45) is 0. The minimum absolute atomic E-state index is 0.207. The Morgan fingerprint density at radius 2 is 1.80 bits per heavy atom. The summed E-state index contributed by atoms with van der Waals surface area (Å²) in [6.45, 7) is 1.71. The van der Waals surface area contributed by atoms with Crippen LogP contribution in [0, 0.1) is 12.7 Å². The summed E-state index contributed by atoms with van der Waals surface area (Å²) < 4.78 is 18.4. The van der Waals surface area contributed by atoms with Gasteiger partial charge in [0.1, 0.15) is 11.6 Å². The summed E-state index contributed by atoms with van der Waals surface area (Å²) in [4.78, 5) is 12.4. The molecule has 104 valence electrons. The van der Waals surface area contributed by atoms with Gasteiger partial charge in [-0.15, -0.1) is 0 Å². The highest BCUT2D eigenvalue weighted by molar-refractivity contribution is 6.37. The van der Waals surface area contributed by atoms with Crippen LogP contribution in [0.1, 0.15) is 21.5 Å². The van der Waals surface area contributed by atoms with E-state index in [-0.39, 0.29) is 27.0 Å². The van der Waals surface area contributed by atoms with Crippen LogP contribution in [0.2, 0.25) is 10.0 Å². The van der Waals surface area contributed by atoms with E-state index >= 15 is 0 Å². The maximum absolute atomic E-state index is 13.4. The summed E-state index contributed by atoms with van der Waals surface area (Å²) in [7, 11) is 1.45. The molecule has 0 aromatic heterocycles. The first-order chi connectivity index (χ1) is 9.42. The van der Waals surface area contributed by atoms with Crippen molar-refractivity contribution in [3.8, 4) is 5.75 Å². The van der Waals surface area contributed by atoms with Crippen molar-refractivity contribution >= 4 is 29.0 Å². The molecule has 0 atom stereocenters. The van der Waals surface area contributed by atoms with Gasteiger partial charge in [-0.2, -0.15) is 0 Å². The van der Waals surface area contributed by atoms with Gasteiger partial charge in [0.05, 0.1) is 17.2 Å². The zero-order valence-electron chi connectivity index (χ0n) is 10.8. The fraction of sp³-hybridized carbons (Fsp3) is 0.133. The number of ether oxygens (including phenoxy) is 1. The van der Waals surface area contributed by atoms with Crippen LogP contribution in [0.3, 0.4) is 0 Å². The largest absolute Gasteiger partial charge is 0.495 e. The molecule has 0 aliphatic heterocycles. The number of aryl methyl sites for hydroxylation is 1. The van der Waals surface area contributed by atoms with Gasteiger partial charge in [-0.3, -0.25) is 4.79 Å². The van der Waals surface area contributed by atoms with Crippen LogP contribution in [-0.2, 0) is 0 Å². The van der Waals surface area contributed by atoms with Crippen LogP contribution in [0.4, 0.5) is 4.39 Å². The van der Waals surface area contributed by atoms with Crippen LogP contribution < -0.4 is 4.74 Å². The molecule has 0 saturated heterocycles. The molecule has 0 radical (unpaired) electrons. The molecule has 0 N–H and O–H groups in total. The summed E-state index contributed by atoms with van der Waals surface area (Å²) >= 11 is 12.0. The first-order valence-electron chi connectivity index (χ1n) is 5.77. The molecule has 2 rings (SSSR count). The number of halogens is 3. The summed E-state index contributed by atoms with van der Waals surface area (Å²) in [5.74, 6) is -0.477. The number of carbonyl (C=O) groups is 1. The Balaban J connectivity index is 2.50. The third-order valence-corrected chi connectivity index (χ3v) is 3.40. The lowest BCUT2D eigenvalue weighted by molar-refractivity contribution is 0.103. The zero-order valence-corrected chi connectivity index (χ0v) is 12.3. The molecule has 0 aliphatic rings. The van der Waals surface area contributed by atoms with Crippen LogP contribution in [0.5, 0.6) is 5.75 Å².